The summed E-state index contributed by atoms with van der Waals surface area (Å²) >= 11 is 0. The molecule has 1 N–H and O–H groups in total. The van der Waals surface area contributed by atoms with E-state index < -0.39 is 11.0 Å². The van der Waals surface area contributed by atoms with Crippen LogP contribution in [-0.2, 0) is 6.42 Å². The molecule has 3 heterocycles. The lowest BCUT2D eigenvalue weighted by molar-refractivity contribution is -0.547. The molecule has 0 radical (unpaired) electrons. The van der Waals surface area contributed by atoms with E-state index in [0.29, 0.717) is 6.42 Å². The molecule has 4 aromatic carbocycles. The Balaban J connectivity index is 1.72. The Morgan fingerprint density at radius 1 is 0.953 bits per heavy atom. The van der Waals surface area contributed by atoms with Gasteiger partial charge in [0, 0.05) is 16.2 Å². The second-order valence-electron chi connectivity index (χ2n) is 11.9. The van der Waals surface area contributed by atoms with Gasteiger partial charge in [-0.1, -0.05) is 80.7 Å². The van der Waals surface area contributed by atoms with Crippen LogP contribution in [0.5, 0.6) is 0 Å². The van der Waals surface area contributed by atoms with Gasteiger partial charge in [-0.15, -0.1) is 0 Å². The summed E-state index contributed by atoms with van der Waals surface area (Å²) in [5.74, 6) is 1.13. The molecular weight excluding hydrogens is 530 g/mol. The number of allylic oxidation sites excluding steroid dienone is 2. The van der Waals surface area contributed by atoms with Crippen molar-refractivity contribution in [1.82, 2.24) is 4.57 Å². The fraction of sp³-hybridized carbons (Fsp3) is 0.158. The first-order valence-electron chi connectivity index (χ1n) is 14.5. The van der Waals surface area contributed by atoms with Crippen molar-refractivity contribution in [2.75, 3.05) is 0 Å². The van der Waals surface area contributed by atoms with Crippen molar-refractivity contribution in [2.24, 2.45) is 10.4 Å². The summed E-state index contributed by atoms with van der Waals surface area (Å²) in [5.41, 5.74) is 6.67. The van der Waals surface area contributed by atoms with Crippen molar-refractivity contribution in [3.63, 3.8) is 0 Å². The highest BCUT2D eigenvalue weighted by Crippen LogP contribution is 2.52. The molecule has 5 heteroatoms. The number of aliphatic hydroxyl groups is 1. The fourth-order valence-corrected chi connectivity index (χ4v) is 6.92. The second-order valence-corrected chi connectivity index (χ2v) is 11.9. The van der Waals surface area contributed by atoms with Crippen LogP contribution in [0.25, 0.3) is 55.7 Å². The summed E-state index contributed by atoms with van der Waals surface area (Å²) in [6, 6.07) is 31.3. The summed E-state index contributed by atoms with van der Waals surface area (Å²) in [7, 11) is 0. The minimum atomic E-state index is -0.901. The van der Waals surface area contributed by atoms with Gasteiger partial charge < -0.3 is 9.52 Å². The zero-order chi connectivity index (χ0) is 30.1. The van der Waals surface area contributed by atoms with Crippen molar-refractivity contribution in [3.8, 4) is 17.1 Å². The van der Waals surface area contributed by atoms with E-state index in [9.17, 15) is 5.11 Å². The first-order chi connectivity index (χ1) is 20.7. The molecule has 2 unspecified atom stereocenters. The van der Waals surface area contributed by atoms with Gasteiger partial charge in [-0.05, 0) is 74.5 Å². The van der Waals surface area contributed by atoms with Crippen LogP contribution in [0, 0.1) is 5.41 Å². The molecule has 212 valence electrons. The second kappa shape index (κ2) is 9.43. The predicted octanol–water partition coefficient (Wildman–Crippen LogP) is 8.99. The van der Waals surface area contributed by atoms with Crippen LogP contribution in [0.2, 0.25) is 0 Å². The molecule has 43 heavy (non-hydrogen) atoms. The lowest BCUT2D eigenvalue weighted by Gasteiger charge is -2.45. The van der Waals surface area contributed by atoms with Crippen LogP contribution in [0.1, 0.15) is 26.3 Å². The highest BCUT2D eigenvalue weighted by atomic mass is 16.3. The molecule has 0 spiro atoms. The van der Waals surface area contributed by atoms with Crippen LogP contribution >= 0.6 is 0 Å². The molecule has 7 rings (SSSR count). The van der Waals surface area contributed by atoms with Gasteiger partial charge in [0.15, 0.2) is 16.6 Å². The average molecular weight is 565 g/mol. The number of furan rings is 1. The third kappa shape index (κ3) is 3.64. The van der Waals surface area contributed by atoms with Crippen LogP contribution in [0.4, 0.5) is 0 Å². The number of fused-ring (bicyclic) bond motifs is 9. The van der Waals surface area contributed by atoms with Crippen molar-refractivity contribution in [3.05, 3.63) is 127 Å². The number of nitrogens with zero attached hydrogens (tertiary/aromatic N) is 3. The number of aliphatic hydroxyl groups excluding tert-OH is 1. The number of aromatic nitrogens is 2. The molecule has 5 nitrogen and oxygen atoms in total. The number of para-hydroxylation sites is 4. The summed E-state index contributed by atoms with van der Waals surface area (Å²) in [6.45, 7) is 19.2. The Hall–Kier alpha value is -5.16. The summed E-state index contributed by atoms with van der Waals surface area (Å²) in [6.07, 6.45) is 2.29. The number of imidazole rings is 1. The Labute approximate surface area is 251 Å². The maximum Gasteiger partial charge on any atom is 0.304 e. The maximum absolute atomic E-state index is 10.4. The highest BCUT2D eigenvalue weighted by molar-refractivity contribution is 6.10. The highest BCUT2D eigenvalue weighted by Gasteiger charge is 2.54. The van der Waals surface area contributed by atoms with Crippen molar-refractivity contribution in [2.45, 2.75) is 32.7 Å². The van der Waals surface area contributed by atoms with E-state index in [1.165, 1.54) is 0 Å². The van der Waals surface area contributed by atoms with E-state index in [1.54, 1.807) is 13.0 Å². The van der Waals surface area contributed by atoms with Gasteiger partial charge in [-0.2, -0.15) is 9.13 Å². The third-order valence-electron chi connectivity index (χ3n) is 9.52. The van der Waals surface area contributed by atoms with Gasteiger partial charge in [0.2, 0.25) is 0 Å². The van der Waals surface area contributed by atoms with E-state index in [4.69, 9.17) is 16.0 Å². The first-order valence-corrected chi connectivity index (χ1v) is 14.5. The van der Waals surface area contributed by atoms with Gasteiger partial charge in [0.05, 0.1) is 5.76 Å². The Kier molecular flexibility index (Phi) is 5.86. The third-order valence-corrected chi connectivity index (χ3v) is 9.52. The lowest BCUT2D eigenvalue weighted by Crippen LogP contribution is -2.55. The lowest BCUT2D eigenvalue weighted by atomic mass is 9.62. The van der Waals surface area contributed by atoms with Crippen molar-refractivity contribution < 1.29 is 14.1 Å². The average Bonchev–Trinajstić information content (AvgIpc) is 3.55. The molecule has 0 amide bonds. The SMILES string of the molecule is C=NC1(C)C(=C)[n+]2c(n(-c3ccccc3)c3ccccc32)-c2c(ccc3c2oc2ccccc23)CC1(C)C(=C)/C=C(\C)O. The number of benzene rings is 4. The molecule has 1 aliphatic rings. The van der Waals surface area contributed by atoms with E-state index in [2.05, 4.69) is 96.9 Å². The van der Waals surface area contributed by atoms with Crippen molar-refractivity contribution >= 4 is 45.4 Å². The zero-order valence-electron chi connectivity index (χ0n) is 24.8. The number of hydrogen-bond donors (Lipinski definition) is 1. The van der Waals surface area contributed by atoms with Crippen LogP contribution < -0.4 is 4.57 Å². The molecular formula is C38H34N3O2+. The van der Waals surface area contributed by atoms with Gasteiger partial charge in [-0.3, -0.25) is 4.99 Å². The monoisotopic (exact) mass is 564 g/mol. The smallest absolute Gasteiger partial charge is 0.304 e. The Bertz CT molecular complexity index is 2160. The van der Waals surface area contributed by atoms with Gasteiger partial charge in [0.1, 0.15) is 28.1 Å². The number of rotatable bonds is 4. The minimum absolute atomic E-state index is 0.187. The predicted molar refractivity (Wildman–Crippen MR) is 177 cm³/mol. The standard InChI is InChI=1S/C38H33N3O2/c1-24(22-25(2)42)37(4)23-27-20-21-30-29-16-10-13-19-33(29)43-35(30)34(27)36-40(26(3)38(37,5)39-6)31-17-11-12-18-32(31)41(36)28-14-8-7-9-15-28/h7-22H,1,3,6,23H2,2,4-5H3/p+1/b25-22+. The van der Waals surface area contributed by atoms with E-state index in [-0.39, 0.29) is 5.76 Å². The van der Waals surface area contributed by atoms with Crippen LogP contribution in [-0.4, -0.2) is 21.9 Å². The molecule has 0 saturated heterocycles. The summed E-state index contributed by atoms with van der Waals surface area (Å²) in [4.78, 5) is 4.83. The molecule has 6 aromatic rings. The zero-order valence-corrected chi connectivity index (χ0v) is 24.8. The summed E-state index contributed by atoms with van der Waals surface area (Å²) < 4.78 is 11.3. The molecule has 2 aromatic heterocycles. The van der Waals surface area contributed by atoms with Crippen LogP contribution in [0.3, 0.4) is 0 Å². The first kappa shape index (κ1) is 26.7. The van der Waals surface area contributed by atoms with E-state index >= 15 is 0 Å². The molecule has 0 aliphatic carbocycles. The molecule has 0 fully saturated rings. The Morgan fingerprint density at radius 3 is 2.40 bits per heavy atom. The van der Waals surface area contributed by atoms with Crippen LogP contribution in [0.15, 0.2) is 131 Å². The fourth-order valence-electron chi connectivity index (χ4n) is 6.92. The van der Waals surface area contributed by atoms with E-state index in [0.717, 1.165) is 66.9 Å². The van der Waals surface area contributed by atoms with E-state index in [1.807, 2.05) is 30.3 Å². The summed E-state index contributed by atoms with van der Waals surface area (Å²) in [5, 5.41) is 12.5. The Morgan fingerprint density at radius 2 is 1.65 bits per heavy atom. The van der Waals surface area contributed by atoms with Gasteiger partial charge >= 0.3 is 5.82 Å². The quantitative estimate of drug-likeness (QED) is 0.101. The molecule has 2 atom stereocenters. The van der Waals surface area contributed by atoms with Gasteiger partial charge in [0.25, 0.3) is 0 Å². The number of aliphatic imine (C=N–C) groups is 1. The molecule has 1 aliphatic heterocycles. The topological polar surface area (TPSA) is 54.5 Å². The maximum atomic E-state index is 10.4. The molecule has 0 bridgehead atoms. The van der Waals surface area contributed by atoms with Gasteiger partial charge in [-0.25, -0.2) is 0 Å². The largest absolute Gasteiger partial charge is 0.513 e. The number of hydrogen-bond acceptors (Lipinski definition) is 3. The minimum Gasteiger partial charge on any atom is -0.513 e. The van der Waals surface area contributed by atoms with Crippen molar-refractivity contribution in [1.29, 1.82) is 0 Å². The normalized spacial score (nSPS) is 20.5. The molecule has 0 saturated carbocycles.